The first-order valence-electron chi connectivity index (χ1n) is 6.08. The van der Waals surface area contributed by atoms with E-state index in [0.717, 1.165) is 18.8 Å². The smallest absolute Gasteiger partial charge is 0.124 e. The van der Waals surface area contributed by atoms with Crippen molar-refractivity contribution >= 4 is 0 Å². The topological polar surface area (TPSA) is 50.7 Å². The summed E-state index contributed by atoms with van der Waals surface area (Å²) in [6.45, 7) is 1.74. The van der Waals surface area contributed by atoms with E-state index in [0.29, 0.717) is 13.2 Å². The first kappa shape index (κ1) is 11.0. The zero-order chi connectivity index (χ0) is 11.7. The van der Waals surface area contributed by atoms with E-state index in [-0.39, 0.29) is 12.1 Å². The molecule has 1 aromatic rings. The van der Waals surface area contributed by atoms with Gasteiger partial charge < -0.3 is 19.9 Å². The lowest BCUT2D eigenvalue weighted by molar-refractivity contribution is 0.120. The number of rotatable bonds is 2. The van der Waals surface area contributed by atoms with Gasteiger partial charge in [0.05, 0.1) is 32.0 Å². The average molecular weight is 235 g/mol. The van der Waals surface area contributed by atoms with Gasteiger partial charge in [0.15, 0.2) is 0 Å². The Labute approximate surface area is 101 Å². The van der Waals surface area contributed by atoms with Crippen molar-refractivity contribution in [2.75, 3.05) is 19.8 Å². The number of fused-ring (bicyclic) bond motifs is 1. The van der Waals surface area contributed by atoms with Gasteiger partial charge in [-0.25, -0.2) is 0 Å². The maximum absolute atomic E-state index is 9.75. The molecule has 2 aliphatic heterocycles. The molecule has 3 rings (SSSR count). The van der Waals surface area contributed by atoms with E-state index < -0.39 is 6.10 Å². The minimum atomic E-state index is -0.398. The summed E-state index contributed by atoms with van der Waals surface area (Å²) in [6, 6.07) is 8.35. The normalized spacial score (nSPS) is 31.9. The third-order valence-electron chi connectivity index (χ3n) is 3.42. The van der Waals surface area contributed by atoms with E-state index in [1.807, 2.05) is 18.2 Å². The van der Waals surface area contributed by atoms with Crippen molar-refractivity contribution in [2.45, 2.75) is 24.6 Å². The Kier molecular flexibility index (Phi) is 3.01. The van der Waals surface area contributed by atoms with Crippen molar-refractivity contribution in [2.24, 2.45) is 0 Å². The van der Waals surface area contributed by atoms with Crippen molar-refractivity contribution in [3.8, 4) is 5.75 Å². The van der Waals surface area contributed by atoms with E-state index in [9.17, 15) is 5.11 Å². The largest absolute Gasteiger partial charge is 0.493 e. The summed E-state index contributed by atoms with van der Waals surface area (Å²) in [7, 11) is 0. The molecule has 3 unspecified atom stereocenters. The predicted molar refractivity (Wildman–Crippen MR) is 63.0 cm³/mol. The highest BCUT2D eigenvalue weighted by molar-refractivity contribution is 5.37. The number of hydrogen-bond donors (Lipinski definition) is 2. The van der Waals surface area contributed by atoms with Gasteiger partial charge in [0.1, 0.15) is 5.75 Å². The lowest BCUT2D eigenvalue weighted by Gasteiger charge is -2.29. The van der Waals surface area contributed by atoms with E-state index in [4.69, 9.17) is 9.47 Å². The molecule has 0 aromatic heterocycles. The maximum atomic E-state index is 9.75. The fourth-order valence-corrected chi connectivity index (χ4v) is 2.48. The molecule has 2 N–H and O–H groups in total. The van der Waals surface area contributed by atoms with Gasteiger partial charge in [0.2, 0.25) is 0 Å². The molecular formula is C13H17NO3. The molecule has 2 heterocycles. The number of para-hydroxylation sites is 1. The molecule has 4 nitrogen and oxygen atoms in total. The minimum Gasteiger partial charge on any atom is -0.493 e. The summed E-state index contributed by atoms with van der Waals surface area (Å²) in [5.74, 6) is 0.949. The molecule has 1 aromatic carbocycles. The molecule has 0 saturated carbocycles. The number of hydrogen-bond acceptors (Lipinski definition) is 4. The molecule has 92 valence electrons. The molecule has 2 aliphatic rings. The van der Waals surface area contributed by atoms with Gasteiger partial charge in [-0.05, 0) is 6.07 Å². The highest BCUT2D eigenvalue weighted by Gasteiger charge is 2.30. The second kappa shape index (κ2) is 4.64. The standard InChI is InChI=1S/C13H17NO3/c15-12-8-16-7-11(12)14-10-5-6-17-13-4-2-1-3-9(10)13/h1-4,10-12,14-15H,5-8H2. The molecule has 0 aliphatic carbocycles. The average Bonchev–Trinajstić information content (AvgIpc) is 2.76. The molecule has 0 radical (unpaired) electrons. The van der Waals surface area contributed by atoms with Crippen molar-refractivity contribution in [3.05, 3.63) is 29.8 Å². The van der Waals surface area contributed by atoms with Crippen molar-refractivity contribution in [3.63, 3.8) is 0 Å². The van der Waals surface area contributed by atoms with Crippen LogP contribution in [-0.2, 0) is 4.74 Å². The van der Waals surface area contributed by atoms with E-state index >= 15 is 0 Å². The van der Waals surface area contributed by atoms with Crippen molar-refractivity contribution in [1.29, 1.82) is 0 Å². The zero-order valence-corrected chi connectivity index (χ0v) is 9.63. The van der Waals surface area contributed by atoms with Crippen LogP contribution in [-0.4, -0.2) is 37.1 Å². The highest BCUT2D eigenvalue weighted by Crippen LogP contribution is 2.32. The van der Waals surface area contributed by atoms with Gasteiger partial charge in [-0.1, -0.05) is 18.2 Å². The van der Waals surface area contributed by atoms with Crippen LogP contribution in [0.5, 0.6) is 5.75 Å². The van der Waals surface area contributed by atoms with Gasteiger partial charge >= 0.3 is 0 Å². The highest BCUT2D eigenvalue weighted by atomic mass is 16.5. The van der Waals surface area contributed by atoms with Crippen LogP contribution in [0.25, 0.3) is 0 Å². The van der Waals surface area contributed by atoms with Gasteiger partial charge in [-0.3, -0.25) is 0 Å². The Hall–Kier alpha value is -1.10. The molecule has 0 spiro atoms. The zero-order valence-electron chi connectivity index (χ0n) is 9.63. The third-order valence-corrected chi connectivity index (χ3v) is 3.42. The number of nitrogens with one attached hydrogen (secondary N) is 1. The van der Waals surface area contributed by atoms with Gasteiger partial charge in [-0.15, -0.1) is 0 Å². The number of aliphatic hydroxyl groups is 1. The number of ether oxygens (including phenoxy) is 2. The minimum absolute atomic E-state index is 0.0335. The molecule has 1 fully saturated rings. The van der Waals surface area contributed by atoms with E-state index in [2.05, 4.69) is 11.4 Å². The fraction of sp³-hybridized carbons (Fsp3) is 0.538. The Morgan fingerprint density at radius 1 is 1.24 bits per heavy atom. The third kappa shape index (κ3) is 2.16. The molecule has 1 saturated heterocycles. The quantitative estimate of drug-likeness (QED) is 0.798. The van der Waals surface area contributed by atoms with Gasteiger partial charge in [-0.2, -0.15) is 0 Å². The molecule has 3 atom stereocenters. The van der Waals surface area contributed by atoms with Crippen LogP contribution in [0.15, 0.2) is 24.3 Å². The number of aliphatic hydroxyl groups excluding tert-OH is 1. The van der Waals surface area contributed by atoms with Gasteiger partial charge in [0.25, 0.3) is 0 Å². The van der Waals surface area contributed by atoms with Crippen LogP contribution in [0, 0.1) is 0 Å². The molecule has 17 heavy (non-hydrogen) atoms. The van der Waals surface area contributed by atoms with Gasteiger partial charge in [0, 0.05) is 18.0 Å². The van der Waals surface area contributed by atoms with Crippen LogP contribution in [0.4, 0.5) is 0 Å². The van der Waals surface area contributed by atoms with Crippen LogP contribution in [0.3, 0.4) is 0 Å². The van der Waals surface area contributed by atoms with Crippen LogP contribution in [0.2, 0.25) is 0 Å². The van der Waals surface area contributed by atoms with Crippen LogP contribution in [0.1, 0.15) is 18.0 Å². The van der Waals surface area contributed by atoms with E-state index in [1.54, 1.807) is 0 Å². The number of benzene rings is 1. The molecule has 0 amide bonds. The summed E-state index contributed by atoms with van der Waals surface area (Å²) >= 11 is 0. The summed E-state index contributed by atoms with van der Waals surface area (Å²) < 4.78 is 10.9. The molecule has 0 bridgehead atoms. The monoisotopic (exact) mass is 235 g/mol. The van der Waals surface area contributed by atoms with Crippen LogP contribution >= 0.6 is 0 Å². The second-order valence-electron chi connectivity index (χ2n) is 4.61. The lowest BCUT2D eigenvalue weighted by Crippen LogP contribution is -2.42. The van der Waals surface area contributed by atoms with Crippen molar-refractivity contribution in [1.82, 2.24) is 5.32 Å². The first-order chi connectivity index (χ1) is 8.34. The Morgan fingerprint density at radius 3 is 2.94 bits per heavy atom. The van der Waals surface area contributed by atoms with E-state index in [1.165, 1.54) is 5.56 Å². The predicted octanol–water partition coefficient (Wildman–Crippen LogP) is 0.859. The van der Waals surface area contributed by atoms with Crippen molar-refractivity contribution < 1.29 is 14.6 Å². The summed E-state index contributed by atoms with van der Waals surface area (Å²) in [6.07, 6.45) is 0.533. The lowest BCUT2D eigenvalue weighted by atomic mass is 9.99. The summed E-state index contributed by atoms with van der Waals surface area (Å²) in [5, 5.41) is 13.2. The SMILES string of the molecule is OC1COCC1NC1CCOc2ccccc21. The molecule has 4 heteroatoms. The summed E-state index contributed by atoms with van der Waals surface area (Å²) in [5.41, 5.74) is 1.18. The summed E-state index contributed by atoms with van der Waals surface area (Å²) in [4.78, 5) is 0. The second-order valence-corrected chi connectivity index (χ2v) is 4.61. The molecular weight excluding hydrogens is 218 g/mol. The fourth-order valence-electron chi connectivity index (χ4n) is 2.48. The van der Waals surface area contributed by atoms with Crippen LogP contribution < -0.4 is 10.1 Å². The Morgan fingerprint density at radius 2 is 2.12 bits per heavy atom. The maximum Gasteiger partial charge on any atom is 0.124 e. The first-order valence-corrected chi connectivity index (χ1v) is 6.08. The Bertz CT molecular complexity index is 396. The Balaban J connectivity index is 1.76.